The first-order chi connectivity index (χ1) is 11.5. The summed E-state index contributed by atoms with van der Waals surface area (Å²) in [6.45, 7) is 1.94. The fourth-order valence-corrected chi connectivity index (χ4v) is 3.28. The number of aromatic nitrogens is 2. The third kappa shape index (κ3) is 3.16. The summed E-state index contributed by atoms with van der Waals surface area (Å²) in [5, 5.41) is 11.9. The molecule has 0 fully saturated rings. The van der Waals surface area contributed by atoms with Crippen molar-refractivity contribution in [1.82, 2.24) is 9.55 Å². The largest absolute Gasteiger partial charge is 0.290 e. The Bertz CT molecular complexity index is 981. The molecule has 6 nitrogen and oxygen atoms in total. The van der Waals surface area contributed by atoms with Gasteiger partial charge in [-0.05, 0) is 24.6 Å². The molecule has 0 spiro atoms. The second-order valence-electron chi connectivity index (χ2n) is 5.49. The van der Waals surface area contributed by atoms with E-state index < -0.39 is 4.92 Å². The highest BCUT2D eigenvalue weighted by Crippen LogP contribution is 2.23. The Balaban J connectivity index is 1.87. The van der Waals surface area contributed by atoms with Crippen LogP contribution < -0.4 is 5.56 Å². The first kappa shape index (κ1) is 16.2. The predicted octanol–water partition coefficient (Wildman–Crippen LogP) is 3.44. The maximum Gasteiger partial charge on any atom is 0.269 e. The molecule has 0 aliphatic carbocycles. The summed E-state index contributed by atoms with van der Waals surface area (Å²) in [5.41, 5.74) is 2.62. The quantitative estimate of drug-likeness (QED) is 0.314. The van der Waals surface area contributed by atoms with Crippen LogP contribution in [0.2, 0.25) is 0 Å². The molecule has 0 saturated carbocycles. The Morgan fingerprint density at radius 3 is 2.58 bits per heavy atom. The van der Waals surface area contributed by atoms with Crippen molar-refractivity contribution in [3.63, 3.8) is 0 Å². The minimum atomic E-state index is -0.423. The fourth-order valence-electron chi connectivity index (χ4n) is 2.36. The van der Waals surface area contributed by atoms with Crippen molar-refractivity contribution in [2.75, 3.05) is 0 Å². The highest BCUT2D eigenvalue weighted by atomic mass is 32.2. The van der Waals surface area contributed by atoms with E-state index in [0.29, 0.717) is 21.8 Å². The number of nitro benzene ring substituents is 1. The molecule has 0 radical (unpaired) electrons. The van der Waals surface area contributed by atoms with E-state index in [1.165, 1.54) is 28.5 Å². The molecule has 1 heterocycles. The summed E-state index contributed by atoms with van der Waals surface area (Å²) >= 11 is 1.43. The summed E-state index contributed by atoms with van der Waals surface area (Å²) in [5.74, 6) is 0.579. The molecule has 0 unspecified atom stereocenters. The SMILES string of the molecule is Cc1ccc2nc(SCc3ccc([N+](=O)[O-])cc3)n(C)c(=O)c2c1. The van der Waals surface area contributed by atoms with E-state index in [9.17, 15) is 14.9 Å². The summed E-state index contributed by atoms with van der Waals surface area (Å²) in [4.78, 5) is 27.3. The van der Waals surface area contributed by atoms with Crippen molar-refractivity contribution in [3.8, 4) is 0 Å². The van der Waals surface area contributed by atoms with Crippen molar-refractivity contribution in [2.24, 2.45) is 7.05 Å². The standard InChI is InChI=1S/C17H15N3O3S/c1-11-3-8-15-14(9-11)16(21)19(2)17(18-15)24-10-12-4-6-13(7-5-12)20(22)23/h3-9H,10H2,1-2H3. The number of nitrogens with zero attached hydrogens (tertiary/aromatic N) is 3. The second-order valence-corrected chi connectivity index (χ2v) is 6.43. The number of non-ortho nitro benzene ring substituents is 1. The number of benzene rings is 2. The zero-order valence-electron chi connectivity index (χ0n) is 13.2. The van der Waals surface area contributed by atoms with Crippen LogP contribution in [0.25, 0.3) is 10.9 Å². The molecule has 0 N–H and O–H groups in total. The van der Waals surface area contributed by atoms with Gasteiger partial charge in [-0.1, -0.05) is 35.5 Å². The number of nitro groups is 1. The van der Waals surface area contributed by atoms with Gasteiger partial charge in [-0.2, -0.15) is 0 Å². The van der Waals surface area contributed by atoms with Crippen LogP contribution in [0.3, 0.4) is 0 Å². The number of hydrogen-bond donors (Lipinski definition) is 0. The molecule has 1 aromatic heterocycles. The van der Waals surface area contributed by atoms with E-state index in [1.807, 2.05) is 25.1 Å². The van der Waals surface area contributed by atoms with Gasteiger partial charge in [0.2, 0.25) is 0 Å². The number of hydrogen-bond acceptors (Lipinski definition) is 5. The monoisotopic (exact) mass is 341 g/mol. The summed E-state index contributed by atoms with van der Waals surface area (Å²) in [6, 6.07) is 12.0. The van der Waals surface area contributed by atoms with Crippen LogP contribution in [0.4, 0.5) is 5.69 Å². The predicted molar refractivity (Wildman–Crippen MR) is 94.4 cm³/mol. The second kappa shape index (κ2) is 6.45. The van der Waals surface area contributed by atoms with Crippen LogP contribution in [-0.4, -0.2) is 14.5 Å². The third-order valence-corrected chi connectivity index (χ3v) is 4.81. The third-order valence-electron chi connectivity index (χ3n) is 3.71. The van der Waals surface area contributed by atoms with Crippen molar-refractivity contribution >= 4 is 28.4 Å². The minimum Gasteiger partial charge on any atom is -0.290 e. The van der Waals surface area contributed by atoms with Gasteiger partial charge in [0.15, 0.2) is 5.16 Å². The lowest BCUT2D eigenvalue weighted by Gasteiger charge is -2.09. The highest BCUT2D eigenvalue weighted by Gasteiger charge is 2.10. The normalized spacial score (nSPS) is 10.9. The zero-order chi connectivity index (χ0) is 17.3. The maximum absolute atomic E-state index is 12.5. The van der Waals surface area contributed by atoms with Gasteiger partial charge in [0.25, 0.3) is 11.2 Å². The molecule has 3 aromatic rings. The molecule has 0 aliphatic heterocycles. The van der Waals surface area contributed by atoms with E-state index in [0.717, 1.165) is 11.1 Å². The average Bonchev–Trinajstić information content (AvgIpc) is 2.58. The van der Waals surface area contributed by atoms with Gasteiger partial charge in [0, 0.05) is 24.9 Å². The molecular formula is C17H15N3O3S. The Kier molecular flexibility index (Phi) is 4.35. The van der Waals surface area contributed by atoms with Gasteiger partial charge < -0.3 is 0 Å². The molecule has 7 heteroatoms. The van der Waals surface area contributed by atoms with E-state index in [1.54, 1.807) is 19.2 Å². The molecule has 0 atom stereocenters. The van der Waals surface area contributed by atoms with E-state index in [4.69, 9.17) is 0 Å². The highest BCUT2D eigenvalue weighted by molar-refractivity contribution is 7.98. The van der Waals surface area contributed by atoms with Crippen molar-refractivity contribution in [1.29, 1.82) is 0 Å². The zero-order valence-corrected chi connectivity index (χ0v) is 14.0. The van der Waals surface area contributed by atoms with Gasteiger partial charge >= 0.3 is 0 Å². The molecule has 0 bridgehead atoms. The summed E-state index contributed by atoms with van der Waals surface area (Å²) in [6.07, 6.45) is 0. The van der Waals surface area contributed by atoms with Crippen molar-refractivity contribution in [3.05, 3.63) is 74.1 Å². The van der Waals surface area contributed by atoms with Crippen LogP contribution in [0.1, 0.15) is 11.1 Å². The number of thioether (sulfide) groups is 1. The summed E-state index contributed by atoms with van der Waals surface area (Å²) in [7, 11) is 1.70. The molecule has 122 valence electrons. The maximum atomic E-state index is 12.5. The Morgan fingerprint density at radius 2 is 1.92 bits per heavy atom. The molecule has 2 aromatic carbocycles. The fraction of sp³-hybridized carbons (Fsp3) is 0.176. The number of fused-ring (bicyclic) bond motifs is 1. The molecule has 24 heavy (non-hydrogen) atoms. The number of rotatable bonds is 4. The molecule has 0 amide bonds. The van der Waals surface area contributed by atoms with Crippen LogP contribution in [-0.2, 0) is 12.8 Å². The molecular weight excluding hydrogens is 326 g/mol. The number of aryl methyl sites for hydroxylation is 1. The smallest absolute Gasteiger partial charge is 0.269 e. The van der Waals surface area contributed by atoms with Gasteiger partial charge in [0.05, 0.1) is 15.8 Å². The van der Waals surface area contributed by atoms with Gasteiger partial charge in [0.1, 0.15) is 0 Å². The Hall–Kier alpha value is -2.67. The minimum absolute atomic E-state index is 0.0651. The molecule has 3 rings (SSSR count). The summed E-state index contributed by atoms with van der Waals surface area (Å²) < 4.78 is 1.54. The Labute approximate surface area is 142 Å². The Morgan fingerprint density at radius 1 is 1.21 bits per heavy atom. The van der Waals surface area contributed by atoms with E-state index in [-0.39, 0.29) is 11.2 Å². The van der Waals surface area contributed by atoms with Crippen LogP contribution in [0.15, 0.2) is 52.4 Å². The lowest BCUT2D eigenvalue weighted by molar-refractivity contribution is -0.384. The van der Waals surface area contributed by atoms with E-state index >= 15 is 0 Å². The van der Waals surface area contributed by atoms with E-state index in [2.05, 4.69) is 4.98 Å². The van der Waals surface area contributed by atoms with Crippen LogP contribution >= 0.6 is 11.8 Å². The van der Waals surface area contributed by atoms with Crippen LogP contribution in [0.5, 0.6) is 0 Å². The van der Waals surface area contributed by atoms with Crippen LogP contribution in [0, 0.1) is 17.0 Å². The van der Waals surface area contributed by atoms with Gasteiger partial charge in [-0.25, -0.2) is 4.98 Å². The first-order valence-electron chi connectivity index (χ1n) is 7.29. The lowest BCUT2D eigenvalue weighted by atomic mass is 10.2. The lowest BCUT2D eigenvalue weighted by Crippen LogP contribution is -2.20. The molecule has 0 aliphatic rings. The first-order valence-corrected chi connectivity index (χ1v) is 8.28. The van der Waals surface area contributed by atoms with Crippen molar-refractivity contribution in [2.45, 2.75) is 17.8 Å². The topological polar surface area (TPSA) is 78.0 Å². The molecule has 0 saturated heterocycles. The van der Waals surface area contributed by atoms with Gasteiger partial charge in [-0.3, -0.25) is 19.5 Å². The van der Waals surface area contributed by atoms with Gasteiger partial charge in [-0.15, -0.1) is 0 Å². The average molecular weight is 341 g/mol. The van der Waals surface area contributed by atoms with Crippen molar-refractivity contribution < 1.29 is 4.92 Å².